The molecule has 8 nitrogen and oxygen atoms in total. The Morgan fingerprint density at radius 1 is 0.795 bits per heavy atom. The monoisotopic (exact) mass is 590 g/mol. The minimum absolute atomic E-state index is 0.0683. The quantitative estimate of drug-likeness (QED) is 0.110. The number of amides is 1. The van der Waals surface area contributed by atoms with Gasteiger partial charge in [-0.05, 0) is 82.1 Å². The average molecular weight is 591 g/mol. The van der Waals surface area contributed by atoms with Gasteiger partial charge in [0.15, 0.2) is 6.79 Å². The molecule has 0 aromatic heterocycles. The van der Waals surface area contributed by atoms with Gasteiger partial charge in [0.25, 0.3) is 5.91 Å². The number of aromatic carboxylic acids is 1. The van der Waals surface area contributed by atoms with E-state index in [1.807, 2.05) is 78.9 Å². The van der Waals surface area contributed by atoms with E-state index in [1.165, 1.54) is 0 Å². The number of nitrogens with one attached hydrogen (secondary N) is 1. The van der Waals surface area contributed by atoms with Gasteiger partial charge in [0, 0.05) is 32.0 Å². The summed E-state index contributed by atoms with van der Waals surface area (Å²) in [6.07, 6.45) is 0. The first-order chi connectivity index (χ1) is 21.4. The molecule has 0 fully saturated rings. The number of anilines is 2. The summed E-state index contributed by atoms with van der Waals surface area (Å²) < 4.78 is 16.0. The summed E-state index contributed by atoms with van der Waals surface area (Å²) in [6, 6.07) is 34.1. The van der Waals surface area contributed by atoms with E-state index in [0.717, 1.165) is 33.2 Å². The van der Waals surface area contributed by atoms with Crippen molar-refractivity contribution in [1.29, 1.82) is 0 Å². The molecule has 0 radical (unpaired) electrons. The second-order valence-electron chi connectivity index (χ2n) is 10.3. The van der Waals surface area contributed by atoms with Gasteiger partial charge in [0.2, 0.25) is 0 Å². The van der Waals surface area contributed by atoms with Crippen molar-refractivity contribution in [2.75, 3.05) is 39.5 Å². The predicted molar refractivity (Wildman–Crippen MR) is 172 cm³/mol. The number of fused-ring (bicyclic) bond motifs is 1. The number of methoxy groups -OCH3 is 1. The van der Waals surface area contributed by atoms with Gasteiger partial charge in [-0.25, -0.2) is 4.79 Å². The molecule has 0 saturated heterocycles. The number of rotatable bonds is 13. The number of carbonyl (C=O) groups is 2. The molecular weight excluding hydrogens is 556 g/mol. The second kappa shape index (κ2) is 14.3. The third kappa shape index (κ3) is 7.60. The predicted octanol–water partition coefficient (Wildman–Crippen LogP) is 7.22. The molecule has 0 spiro atoms. The lowest BCUT2D eigenvalue weighted by molar-refractivity contribution is -0.00841. The van der Waals surface area contributed by atoms with Crippen LogP contribution in [0.2, 0.25) is 0 Å². The van der Waals surface area contributed by atoms with Crippen molar-refractivity contribution in [2.45, 2.75) is 6.54 Å². The summed E-state index contributed by atoms with van der Waals surface area (Å²) in [6.45, 7) is 1.57. The lowest BCUT2D eigenvalue weighted by atomic mass is 10.0. The van der Waals surface area contributed by atoms with E-state index in [9.17, 15) is 14.7 Å². The number of benzene rings is 5. The first-order valence-corrected chi connectivity index (χ1v) is 14.2. The number of hydrogen-bond acceptors (Lipinski definition) is 6. The first kappa shape index (κ1) is 30.3. The van der Waals surface area contributed by atoms with Crippen molar-refractivity contribution >= 4 is 34.0 Å². The van der Waals surface area contributed by atoms with Crippen molar-refractivity contribution in [3.63, 3.8) is 0 Å². The minimum atomic E-state index is -0.981. The zero-order valence-corrected chi connectivity index (χ0v) is 24.7. The largest absolute Gasteiger partial charge is 0.478 e. The van der Waals surface area contributed by atoms with Crippen LogP contribution >= 0.6 is 0 Å². The molecule has 5 rings (SSSR count). The number of carboxylic acid groups (broad SMARTS) is 1. The van der Waals surface area contributed by atoms with Gasteiger partial charge in [0.1, 0.15) is 5.75 Å². The maximum absolute atomic E-state index is 13.3. The van der Waals surface area contributed by atoms with Crippen LogP contribution in [-0.4, -0.2) is 56.0 Å². The van der Waals surface area contributed by atoms with E-state index in [-0.39, 0.29) is 18.3 Å². The van der Waals surface area contributed by atoms with E-state index in [0.29, 0.717) is 36.8 Å². The van der Waals surface area contributed by atoms with Crippen LogP contribution in [0, 0.1) is 0 Å². The van der Waals surface area contributed by atoms with Crippen molar-refractivity contribution in [3.05, 3.63) is 126 Å². The van der Waals surface area contributed by atoms with Crippen LogP contribution in [0.25, 0.3) is 21.9 Å². The zero-order valence-electron chi connectivity index (χ0n) is 24.7. The SMILES string of the molecule is COCCOCOc1ccc2cc(C(=O)N(C)Cc3cccc(-c4ccc(Nc5ccccc5C(=O)O)cc4)c3)ccc2c1. The number of hydrogen-bond donors (Lipinski definition) is 2. The van der Waals surface area contributed by atoms with Gasteiger partial charge in [-0.1, -0.05) is 54.6 Å². The molecule has 0 aliphatic carbocycles. The lowest BCUT2D eigenvalue weighted by Gasteiger charge is -2.18. The maximum Gasteiger partial charge on any atom is 0.337 e. The Balaban J connectivity index is 1.22. The van der Waals surface area contributed by atoms with Crippen LogP contribution in [-0.2, 0) is 16.0 Å². The van der Waals surface area contributed by atoms with Crippen LogP contribution in [0.5, 0.6) is 5.75 Å². The third-order valence-corrected chi connectivity index (χ3v) is 7.15. The summed E-state index contributed by atoms with van der Waals surface area (Å²) in [5, 5.41) is 14.5. The molecule has 0 aliphatic heterocycles. The summed E-state index contributed by atoms with van der Waals surface area (Å²) in [7, 11) is 3.42. The van der Waals surface area contributed by atoms with E-state index in [2.05, 4.69) is 11.4 Å². The van der Waals surface area contributed by atoms with Crippen LogP contribution in [0.1, 0.15) is 26.3 Å². The Bertz CT molecular complexity index is 1750. The standard InChI is InChI=1S/C36H34N2O6/c1-38(35(39)30-11-10-29-22-32(17-14-28(29)21-30)44-24-43-19-18-42-2)23-25-6-5-7-27(20-25)26-12-15-31(16-13-26)37-34-9-4-3-8-33(34)36(40)41/h3-17,20-22,37H,18-19,23-24H2,1-2H3,(H,40,41). The highest BCUT2D eigenvalue weighted by Crippen LogP contribution is 2.27. The Labute approximate surface area is 256 Å². The number of carboxylic acids is 1. The molecule has 0 saturated carbocycles. The van der Waals surface area contributed by atoms with Crippen molar-refractivity contribution in [1.82, 2.24) is 4.90 Å². The molecule has 44 heavy (non-hydrogen) atoms. The van der Waals surface area contributed by atoms with Gasteiger partial charge >= 0.3 is 5.97 Å². The summed E-state index contributed by atoms with van der Waals surface area (Å²) in [5.41, 5.74) is 5.19. The highest BCUT2D eigenvalue weighted by Gasteiger charge is 2.14. The second-order valence-corrected chi connectivity index (χ2v) is 10.3. The molecule has 8 heteroatoms. The molecular formula is C36H34N2O6. The van der Waals surface area contributed by atoms with E-state index < -0.39 is 5.97 Å². The topological polar surface area (TPSA) is 97.3 Å². The Morgan fingerprint density at radius 3 is 2.36 bits per heavy atom. The van der Waals surface area contributed by atoms with E-state index in [4.69, 9.17) is 14.2 Å². The lowest BCUT2D eigenvalue weighted by Crippen LogP contribution is -2.26. The number of para-hydroxylation sites is 1. The normalized spacial score (nSPS) is 10.9. The van der Waals surface area contributed by atoms with Crippen molar-refractivity contribution in [2.24, 2.45) is 0 Å². The Morgan fingerprint density at radius 2 is 1.57 bits per heavy atom. The molecule has 1 amide bonds. The van der Waals surface area contributed by atoms with E-state index in [1.54, 1.807) is 43.3 Å². The smallest absolute Gasteiger partial charge is 0.337 e. The van der Waals surface area contributed by atoms with Crippen LogP contribution in [0.3, 0.4) is 0 Å². The fourth-order valence-electron chi connectivity index (χ4n) is 4.85. The third-order valence-electron chi connectivity index (χ3n) is 7.15. The molecule has 0 bridgehead atoms. The van der Waals surface area contributed by atoms with Crippen molar-refractivity contribution < 1.29 is 28.9 Å². The molecule has 0 aliphatic rings. The fourth-order valence-corrected chi connectivity index (χ4v) is 4.85. The molecule has 0 unspecified atom stereocenters. The molecule has 224 valence electrons. The molecule has 0 heterocycles. The number of ether oxygens (including phenoxy) is 3. The van der Waals surface area contributed by atoms with Crippen LogP contribution < -0.4 is 10.1 Å². The van der Waals surface area contributed by atoms with Gasteiger partial charge in [-0.3, -0.25) is 4.79 Å². The summed E-state index contributed by atoms with van der Waals surface area (Å²) in [4.78, 5) is 26.6. The molecule has 0 atom stereocenters. The summed E-state index contributed by atoms with van der Waals surface area (Å²) in [5.74, 6) is -0.354. The number of carbonyl (C=O) groups excluding carboxylic acids is 1. The zero-order chi connectivity index (χ0) is 30.9. The van der Waals surface area contributed by atoms with Gasteiger partial charge in [-0.15, -0.1) is 0 Å². The molecule has 5 aromatic carbocycles. The first-order valence-electron chi connectivity index (χ1n) is 14.2. The molecule has 2 N–H and O–H groups in total. The van der Waals surface area contributed by atoms with Crippen molar-refractivity contribution in [3.8, 4) is 16.9 Å². The maximum atomic E-state index is 13.3. The summed E-state index contributed by atoms with van der Waals surface area (Å²) >= 11 is 0. The Kier molecular flexibility index (Phi) is 9.86. The number of nitrogens with zero attached hydrogens (tertiary/aromatic N) is 1. The van der Waals surface area contributed by atoms with E-state index >= 15 is 0 Å². The minimum Gasteiger partial charge on any atom is -0.478 e. The van der Waals surface area contributed by atoms with Crippen LogP contribution in [0.4, 0.5) is 11.4 Å². The van der Waals surface area contributed by atoms with Gasteiger partial charge in [0.05, 0.1) is 24.5 Å². The highest BCUT2D eigenvalue weighted by molar-refractivity contribution is 5.99. The average Bonchev–Trinajstić information content (AvgIpc) is 3.04. The van der Waals surface area contributed by atoms with Gasteiger partial charge in [-0.2, -0.15) is 0 Å². The van der Waals surface area contributed by atoms with Gasteiger partial charge < -0.3 is 29.5 Å². The molecule has 5 aromatic rings. The Hall–Kier alpha value is -5.18. The van der Waals surface area contributed by atoms with Crippen LogP contribution in [0.15, 0.2) is 109 Å². The highest BCUT2D eigenvalue weighted by atomic mass is 16.7. The fraction of sp³-hybridized carbons (Fsp3) is 0.167.